The van der Waals surface area contributed by atoms with Crippen LogP contribution in [0.1, 0.15) is 28.8 Å². The molecule has 156 valence electrons. The molecule has 3 aromatic rings. The Bertz CT molecular complexity index is 1090. The summed E-state index contributed by atoms with van der Waals surface area (Å²) in [6, 6.07) is 10.4. The number of hydrogen-bond donors (Lipinski definition) is 1. The molecule has 2 aromatic carbocycles. The van der Waals surface area contributed by atoms with Gasteiger partial charge < -0.3 is 14.7 Å². The topological polar surface area (TPSA) is 84.7 Å². The summed E-state index contributed by atoms with van der Waals surface area (Å²) in [6.07, 6.45) is 2.42. The largest absolute Gasteiger partial charge is 0.511 e. The molecule has 1 amide bonds. The van der Waals surface area contributed by atoms with Gasteiger partial charge in [-0.15, -0.1) is 0 Å². The van der Waals surface area contributed by atoms with Crippen LogP contribution in [0.5, 0.6) is 5.75 Å². The van der Waals surface area contributed by atoms with E-state index in [1.807, 2.05) is 22.7 Å². The summed E-state index contributed by atoms with van der Waals surface area (Å²) in [4.78, 5) is 25.4. The monoisotopic (exact) mass is 427 g/mol. The SMILES string of the molecule is Cc1c(OC(=O)O)ccc2nn(CC3CCN(C(=O)c4ccc(Cl)cc4)CC3)cc12. The Labute approximate surface area is 178 Å². The number of likely N-dealkylation sites (tertiary alicyclic amines) is 1. The van der Waals surface area contributed by atoms with E-state index in [4.69, 9.17) is 21.4 Å². The number of piperidine rings is 1. The summed E-state index contributed by atoms with van der Waals surface area (Å²) in [5.41, 5.74) is 2.22. The van der Waals surface area contributed by atoms with E-state index in [1.165, 1.54) is 0 Å². The van der Waals surface area contributed by atoms with Crippen molar-refractivity contribution in [1.82, 2.24) is 14.7 Å². The van der Waals surface area contributed by atoms with E-state index in [1.54, 1.807) is 36.4 Å². The van der Waals surface area contributed by atoms with Crippen molar-refractivity contribution < 1.29 is 19.4 Å². The minimum Gasteiger partial charge on any atom is -0.449 e. The van der Waals surface area contributed by atoms with Gasteiger partial charge in [0.25, 0.3) is 5.91 Å². The molecule has 0 unspecified atom stereocenters. The van der Waals surface area contributed by atoms with Crippen LogP contribution in [-0.4, -0.2) is 44.9 Å². The second-order valence-corrected chi connectivity index (χ2v) is 8.02. The number of amides is 1. The average Bonchev–Trinajstić information content (AvgIpc) is 3.14. The van der Waals surface area contributed by atoms with E-state index >= 15 is 0 Å². The highest BCUT2D eigenvalue weighted by atomic mass is 35.5. The third-order valence-electron chi connectivity index (χ3n) is 5.59. The fourth-order valence-electron chi connectivity index (χ4n) is 3.92. The average molecular weight is 428 g/mol. The Morgan fingerprint density at radius 1 is 1.17 bits per heavy atom. The van der Waals surface area contributed by atoms with Gasteiger partial charge in [-0.25, -0.2) is 4.79 Å². The van der Waals surface area contributed by atoms with Gasteiger partial charge in [0, 0.05) is 47.4 Å². The predicted octanol–water partition coefficient (Wildman–Crippen LogP) is 4.61. The van der Waals surface area contributed by atoms with Crippen LogP contribution < -0.4 is 4.74 Å². The van der Waals surface area contributed by atoms with E-state index < -0.39 is 6.16 Å². The van der Waals surface area contributed by atoms with Crippen molar-refractivity contribution in [3.05, 3.63) is 58.7 Å². The third kappa shape index (κ3) is 4.26. The van der Waals surface area contributed by atoms with Gasteiger partial charge in [0.2, 0.25) is 0 Å². The summed E-state index contributed by atoms with van der Waals surface area (Å²) in [5.74, 6) is 0.781. The zero-order valence-electron chi connectivity index (χ0n) is 16.5. The number of rotatable bonds is 4. The lowest BCUT2D eigenvalue weighted by Gasteiger charge is -2.32. The standard InChI is InChI=1S/C22H22ClN3O4/c1-14-18-13-26(24-19(18)6-7-20(14)30-22(28)29)12-15-8-10-25(11-9-15)21(27)16-2-4-17(23)5-3-16/h2-7,13,15H,8-12H2,1H3,(H,28,29). The lowest BCUT2D eigenvalue weighted by atomic mass is 9.96. The Kier molecular flexibility index (Phi) is 5.63. The maximum absolute atomic E-state index is 12.7. The fraction of sp³-hybridized carbons (Fsp3) is 0.318. The van der Waals surface area contributed by atoms with Crippen LogP contribution in [0.3, 0.4) is 0 Å². The Balaban J connectivity index is 1.39. The number of nitrogens with zero attached hydrogens (tertiary/aromatic N) is 3. The normalized spacial score (nSPS) is 14.8. The molecular formula is C22H22ClN3O4. The lowest BCUT2D eigenvalue weighted by molar-refractivity contribution is 0.0681. The van der Waals surface area contributed by atoms with Crippen molar-refractivity contribution in [2.75, 3.05) is 13.1 Å². The quantitative estimate of drug-likeness (QED) is 0.485. The maximum atomic E-state index is 12.7. The van der Waals surface area contributed by atoms with Gasteiger partial charge >= 0.3 is 6.16 Å². The van der Waals surface area contributed by atoms with Crippen LogP contribution >= 0.6 is 11.6 Å². The molecule has 1 aromatic heterocycles. The summed E-state index contributed by atoms with van der Waals surface area (Å²) in [5, 5.41) is 15.0. The zero-order chi connectivity index (χ0) is 21.3. The molecular weight excluding hydrogens is 406 g/mol. The first-order chi connectivity index (χ1) is 14.4. The van der Waals surface area contributed by atoms with Crippen molar-refractivity contribution in [3.63, 3.8) is 0 Å². The molecule has 1 fully saturated rings. The van der Waals surface area contributed by atoms with Gasteiger partial charge in [0.05, 0.1) is 5.52 Å². The van der Waals surface area contributed by atoms with Crippen LogP contribution in [0.2, 0.25) is 5.02 Å². The molecule has 2 heterocycles. The molecule has 1 aliphatic heterocycles. The molecule has 0 spiro atoms. The number of hydrogen-bond acceptors (Lipinski definition) is 4. The van der Waals surface area contributed by atoms with Crippen LogP contribution in [0.25, 0.3) is 10.9 Å². The molecule has 0 radical (unpaired) electrons. The van der Waals surface area contributed by atoms with Gasteiger partial charge in [-0.05, 0) is 62.1 Å². The number of carbonyl (C=O) groups excluding carboxylic acids is 1. The Morgan fingerprint density at radius 3 is 2.53 bits per heavy atom. The molecule has 0 aliphatic carbocycles. The first-order valence-corrected chi connectivity index (χ1v) is 10.2. The number of ether oxygens (including phenoxy) is 1. The van der Waals surface area contributed by atoms with Gasteiger partial charge in [-0.3, -0.25) is 9.48 Å². The van der Waals surface area contributed by atoms with E-state index in [9.17, 15) is 9.59 Å². The Hall–Kier alpha value is -3.06. The number of carboxylic acid groups (broad SMARTS) is 1. The van der Waals surface area contributed by atoms with Crippen LogP contribution in [0.15, 0.2) is 42.6 Å². The van der Waals surface area contributed by atoms with Crippen LogP contribution in [0.4, 0.5) is 4.79 Å². The molecule has 1 N–H and O–H groups in total. The highest BCUT2D eigenvalue weighted by Gasteiger charge is 2.24. The molecule has 4 rings (SSSR count). The van der Waals surface area contributed by atoms with Gasteiger partial charge in [-0.1, -0.05) is 11.6 Å². The fourth-order valence-corrected chi connectivity index (χ4v) is 4.04. The minimum atomic E-state index is -1.33. The van der Waals surface area contributed by atoms with E-state index in [0.29, 0.717) is 35.3 Å². The van der Waals surface area contributed by atoms with E-state index in [0.717, 1.165) is 35.9 Å². The third-order valence-corrected chi connectivity index (χ3v) is 5.84. The minimum absolute atomic E-state index is 0.0385. The molecule has 1 aliphatic rings. The molecule has 30 heavy (non-hydrogen) atoms. The number of aryl methyl sites for hydroxylation is 1. The van der Waals surface area contributed by atoms with Crippen molar-refractivity contribution in [3.8, 4) is 5.75 Å². The summed E-state index contributed by atoms with van der Waals surface area (Å²) >= 11 is 5.90. The molecule has 0 bridgehead atoms. The highest BCUT2D eigenvalue weighted by Crippen LogP contribution is 2.28. The second-order valence-electron chi connectivity index (χ2n) is 7.58. The van der Waals surface area contributed by atoms with Crippen molar-refractivity contribution in [2.45, 2.75) is 26.3 Å². The summed E-state index contributed by atoms with van der Waals surface area (Å²) in [6.45, 7) is 4.00. The number of fused-ring (bicyclic) bond motifs is 1. The van der Waals surface area contributed by atoms with E-state index in [-0.39, 0.29) is 5.91 Å². The first kappa shape index (κ1) is 20.2. The smallest absolute Gasteiger partial charge is 0.449 e. The number of carbonyl (C=O) groups is 2. The molecule has 7 nitrogen and oxygen atoms in total. The van der Waals surface area contributed by atoms with Crippen molar-refractivity contribution >= 4 is 34.6 Å². The predicted molar refractivity (Wildman–Crippen MR) is 113 cm³/mol. The summed E-state index contributed by atoms with van der Waals surface area (Å²) < 4.78 is 6.73. The number of halogens is 1. The second kappa shape index (κ2) is 8.36. The molecule has 0 atom stereocenters. The van der Waals surface area contributed by atoms with Crippen molar-refractivity contribution in [1.29, 1.82) is 0 Å². The van der Waals surface area contributed by atoms with Gasteiger partial charge in [0.1, 0.15) is 5.75 Å². The maximum Gasteiger partial charge on any atom is 0.511 e. The summed E-state index contributed by atoms with van der Waals surface area (Å²) in [7, 11) is 0. The number of aromatic nitrogens is 2. The zero-order valence-corrected chi connectivity index (χ0v) is 17.3. The van der Waals surface area contributed by atoms with Crippen LogP contribution in [-0.2, 0) is 6.54 Å². The highest BCUT2D eigenvalue weighted by molar-refractivity contribution is 6.30. The van der Waals surface area contributed by atoms with Crippen molar-refractivity contribution in [2.24, 2.45) is 5.92 Å². The molecule has 0 saturated carbocycles. The first-order valence-electron chi connectivity index (χ1n) is 9.83. The van der Waals surface area contributed by atoms with Crippen LogP contribution in [0, 0.1) is 12.8 Å². The van der Waals surface area contributed by atoms with Gasteiger partial charge in [-0.2, -0.15) is 5.10 Å². The Morgan fingerprint density at radius 2 is 1.87 bits per heavy atom. The lowest BCUT2D eigenvalue weighted by Crippen LogP contribution is -2.39. The van der Waals surface area contributed by atoms with E-state index in [2.05, 4.69) is 5.10 Å². The van der Waals surface area contributed by atoms with Gasteiger partial charge in [0.15, 0.2) is 0 Å². The number of benzene rings is 2. The molecule has 1 saturated heterocycles. The molecule has 8 heteroatoms.